The second kappa shape index (κ2) is 8.49. The maximum Gasteiger partial charge on any atom is 0.325 e. The molecule has 0 spiro atoms. The summed E-state index contributed by atoms with van der Waals surface area (Å²) in [6.45, 7) is 3.37. The summed E-state index contributed by atoms with van der Waals surface area (Å²) in [4.78, 5) is 14.4. The van der Waals surface area contributed by atoms with Crippen molar-refractivity contribution < 1.29 is 9.21 Å². The zero-order chi connectivity index (χ0) is 20.2. The molecule has 1 aromatic heterocycles. The van der Waals surface area contributed by atoms with Gasteiger partial charge in [0.2, 0.25) is 5.89 Å². The first kappa shape index (κ1) is 19.2. The Morgan fingerprint density at radius 1 is 1.21 bits per heavy atom. The van der Waals surface area contributed by atoms with Gasteiger partial charge in [0.15, 0.2) is 0 Å². The number of nitrogens with zero attached hydrogens (tertiary/aromatic N) is 3. The van der Waals surface area contributed by atoms with Crippen LogP contribution in [-0.2, 0) is 0 Å². The molecule has 1 atom stereocenters. The van der Waals surface area contributed by atoms with Gasteiger partial charge >= 0.3 is 12.0 Å². The van der Waals surface area contributed by atoms with Gasteiger partial charge < -0.3 is 9.32 Å². The lowest BCUT2D eigenvalue weighted by Crippen LogP contribution is -2.42. The number of urea groups is 1. The summed E-state index contributed by atoms with van der Waals surface area (Å²) in [5.74, 6) is 0.621. The van der Waals surface area contributed by atoms with Crippen molar-refractivity contribution in [2.24, 2.45) is 5.92 Å². The first-order valence-electron chi connectivity index (χ1n) is 9.49. The number of carbonyl (C=O) groups is 1. The monoisotopic (exact) mass is 408 g/mol. The predicted molar refractivity (Wildman–Crippen MR) is 114 cm³/mol. The smallest absolute Gasteiger partial charge is 0.325 e. The van der Waals surface area contributed by atoms with Crippen LogP contribution in [0.5, 0.6) is 0 Å². The molecular weight excluding hydrogens is 388 g/mol. The van der Waals surface area contributed by atoms with Crippen LogP contribution >= 0.6 is 11.6 Å². The van der Waals surface area contributed by atoms with E-state index in [0.717, 1.165) is 22.6 Å². The Morgan fingerprint density at radius 2 is 2.03 bits per heavy atom. The Balaban J connectivity index is 1.38. The summed E-state index contributed by atoms with van der Waals surface area (Å²) in [5, 5.41) is 11.3. The second-order valence-electron chi connectivity index (χ2n) is 7.08. The van der Waals surface area contributed by atoms with E-state index < -0.39 is 0 Å². The minimum absolute atomic E-state index is 0.0989. The molecule has 1 aliphatic heterocycles. The lowest BCUT2D eigenvalue weighted by atomic mass is 9.91. The zero-order valence-electron chi connectivity index (χ0n) is 16.0. The van der Waals surface area contributed by atoms with Gasteiger partial charge in [0, 0.05) is 23.7 Å². The normalized spacial score (nSPS) is 18.1. The van der Waals surface area contributed by atoms with Crippen molar-refractivity contribution >= 4 is 29.7 Å². The number of hydrogen-bond donors (Lipinski definition) is 1. The van der Waals surface area contributed by atoms with E-state index in [9.17, 15) is 4.79 Å². The number of piperidine rings is 1. The van der Waals surface area contributed by atoms with Crippen LogP contribution in [0.2, 0.25) is 5.02 Å². The van der Waals surface area contributed by atoms with Gasteiger partial charge in [0.25, 0.3) is 0 Å². The van der Waals surface area contributed by atoms with Gasteiger partial charge in [-0.25, -0.2) is 4.79 Å². The van der Waals surface area contributed by atoms with Crippen molar-refractivity contribution in [2.45, 2.75) is 13.3 Å². The molecule has 2 amide bonds. The van der Waals surface area contributed by atoms with Crippen LogP contribution in [-0.4, -0.2) is 34.2 Å². The molecule has 2 heterocycles. The fourth-order valence-electron chi connectivity index (χ4n) is 3.40. The summed E-state index contributed by atoms with van der Waals surface area (Å²) in [6.07, 6.45) is 2.97. The Bertz CT molecular complexity index is 1030. The number of carbonyl (C=O) groups excluding carboxylic acids is 1. The van der Waals surface area contributed by atoms with Crippen molar-refractivity contribution in [2.75, 3.05) is 18.4 Å². The fourth-order valence-corrected chi connectivity index (χ4v) is 3.60. The van der Waals surface area contributed by atoms with Crippen LogP contribution in [0.4, 0.5) is 10.8 Å². The van der Waals surface area contributed by atoms with Crippen molar-refractivity contribution in [3.05, 3.63) is 70.8 Å². The predicted octanol–water partition coefficient (Wildman–Crippen LogP) is 5.35. The van der Waals surface area contributed by atoms with Gasteiger partial charge in [0.1, 0.15) is 0 Å². The number of benzene rings is 2. The summed E-state index contributed by atoms with van der Waals surface area (Å²) in [6, 6.07) is 17.1. The highest BCUT2D eigenvalue weighted by Gasteiger charge is 2.25. The summed E-state index contributed by atoms with van der Waals surface area (Å²) >= 11 is 6.07. The van der Waals surface area contributed by atoms with Crippen LogP contribution in [0.1, 0.15) is 18.9 Å². The van der Waals surface area contributed by atoms with Crippen LogP contribution in [0, 0.1) is 5.92 Å². The molecule has 7 heteroatoms. The zero-order valence-corrected chi connectivity index (χ0v) is 16.8. The lowest BCUT2D eigenvalue weighted by molar-refractivity contribution is 0.197. The average Bonchev–Trinajstić information content (AvgIpc) is 3.19. The van der Waals surface area contributed by atoms with Crippen molar-refractivity contribution in [3.8, 4) is 11.5 Å². The van der Waals surface area contributed by atoms with E-state index in [1.54, 1.807) is 4.90 Å². The third-order valence-corrected chi connectivity index (χ3v) is 5.18. The van der Waals surface area contributed by atoms with Gasteiger partial charge in [0.05, 0.1) is 0 Å². The Hall–Kier alpha value is -3.12. The highest BCUT2D eigenvalue weighted by Crippen LogP contribution is 2.26. The van der Waals surface area contributed by atoms with Gasteiger partial charge in [-0.15, -0.1) is 5.10 Å². The van der Waals surface area contributed by atoms with Crippen LogP contribution < -0.4 is 5.32 Å². The molecule has 1 N–H and O–H groups in total. The Kier molecular flexibility index (Phi) is 5.62. The van der Waals surface area contributed by atoms with E-state index in [1.165, 1.54) is 5.57 Å². The first-order valence-corrected chi connectivity index (χ1v) is 9.87. The standard InChI is InChI=1S/C22H21ClN4O2/c1-15-14-27(11-10-18(15)12-16-6-5-9-19(23)13-16)22(28)24-21-26-25-20(29-21)17-7-3-2-4-8-17/h2-9,12-13,15H,10-11,14H2,1H3,(H,24,26,28)/b18-12+. The average molecular weight is 409 g/mol. The van der Waals surface area contributed by atoms with E-state index >= 15 is 0 Å². The summed E-state index contributed by atoms with van der Waals surface area (Å²) in [7, 11) is 0. The van der Waals surface area contributed by atoms with Crippen molar-refractivity contribution in [3.63, 3.8) is 0 Å². The largest absolute Gasteiger partial charge is 0.403 e. The van der Waals surface area contributed by atoms with E-state index in [2.05, 4.69) is 28.5 Å². The van der Waals surface area contributed by atoms with Gasteiger partial charge in [-0.05, 0) is 42.2 Å². The van der Waals surface area contributed by atoms with Crippen LogP contribution in [0.25, 0.3) is 17.5 Å². The first-order chi connectivity index (χ1) is 14.1. The maximum absolute atomic E-state index is 12.6. The number of rotatable bonds is 3. The molecule has 0 bridgehead atoms. The number of amides is 2. The van der Waals surface area contributed by atoms with E-state index in [-0.39, 0.29) is 18.0 Å². The number of nitrogens with one attached hydrogen (secondary N) is 1. The molecule has 1 fully saturated rings. The van der Waals surface area contributed by atoms with E-state index in [4.69, 9.17) is 16.0 Å². The highest BCUT2D eigenvalue weighted by atomic mass is 35.5. The number of aromatic nitrogens is 2. The molecule has 6 nitrogen and oxygen atoms in total. The molecule has 1 unspecified atom stereocenters. The summed E-state index contributed by atoms with van der Waals surface area (Å²) in [5.41, 5.74) is 3.19. The molecular formula is C22H21ClN4O2. The minimum atomic E-state index is -0.234. The molecule has 4 rings (SSSR count). The van der Waals surface area contributed by atoms with E-state index in [1.807, 2.05) is 54.6 Å². The molecule has 0 radical (unpaired) electrons. The number of anilines is 1. The Morgan fingerprint density at radius 3 is 2.79 bits per heavy atom. The van der Waals surface area contributed by atoms with Gasteiger partial charge in [-0.3, -0.25) is 5.32 Å². The molecule has 3 aromatic rings. The highest BCUT2D eigenvalue weighted by molar-refractivity contribution is 6.30. The third-order valence-electron chi connectivity index (χ3n) is 4.95. The van der Waals surface area contributed by atoms with Gasteiger partial charge in [-0.2, -0.15) is 0 Å². The fraction of sp³-hybridized carbons (Fsp3) is 0.227. The topological polar surface area (TPSA) is 71.3 Å². The van der Waals surface area contributed by atoms with Gasteiger partial charge in [-0.1, -0.05) is 65.6 Å². The second-order valence-corrected chi connectivity index (χ2v) is 7.52. The SMILES string of the molecule is CC1CN(C(=O)Nc2nnc(-c3ccccc3)o2)CC/C1=C\c1cccc(Cl)c1. The van der Waals surface area contributed by atoms with Crippen LogP contribution in [0.15, 0.2) is 64.6 Å². The molecule has 1 aliphatic rings. The molecule has 2 aromatic carbocycles. The molecule has 0 aliphatic carbocycles. The molecule has 0 saturated carbocycles. The van der Waals surface area contributed by atoms with E-state index in [0.29, 0.717) is 19.0 Å². The lowest BCUT2D eigenvalue weighted by Gasteiger charge is -2.32. The van der Waals surface area contributed by atoms with Crippen LogP contribution in [0.3, 0.4) is 0 Å². The quantitative estimate of drug-likeness (QED) is 0.634. The molecule has 148 valence electrons. The minimum Gasteiger partial charge on any atom is -0.403 e. The number of hydrogen-bond acceptors (Lipinski definition) is 4. The number of likely N-dealkylation sites (tertiary alicyclic amines) is 1. The maximum atomic E-state index is 12.6. The van der Waals surface area contributed by atoms with Crippen molar-refractivity contribution in [1.82, 2.24) is 15.1 Å². The number of halogens is 1. The third kappa shape index (κ3) is 4.66. The Labute approximate surface area is 174 Å². The molecule has 1 saturated heterocycles. The molecule has 29 heavy (non-hydrogen) atoms. The summed E-state index contributed by atoms with van der Waals surface area (Å²) < 4.78 is 5.56. The van der Waals surface area contributed by atoms with Crippen molar-refractivity contribution in [1.29, 1.82) is 0 Å².